The first-order chi connectivity index (χ1) is 13.7. The Kier molecular flexibility index (Phi) is 7.33. The molecular formula is C22H28ClN3O2S. The van der Waals surface area contributed by atoms with Crippen molar-refractivity contribution in [2.24, 2.45) is 11.8 Å². The molecule has 0 unspecified atom stereocenters. The van der Waals surface area contributed by atoms with Crippen molar-refractivity contribution < 1.29 is 9.59 Å². The van der Waals surface area contributed by atoms with E-state index in [0.717, 1.165) is 45.4 Å². The number of anilines is 1. The third-order valence-corrected chi connectivity index (χ3v) is 6.88. The van der Waals surface area contributed by atoms with Crippen LogP contribution in [0.3, 0.4) is 0 Å². The van der Waals surface area contributed by atoms with Gasteiger partial charge in [0.1, 0.15) is 5.00 Å². The van der Waals surface area contributed by atoms with Crippen LogP contribution in [-0.4, -0.2) is 42.9 Å². The predicted molar refractivity (Wildman–Crippen MR) is 120 cm³/mol. The fraction of sp³-hybridized carbons (Fsp3) is 0.455. The zero-order valence-corrected chi connectivity index (χ0v) is 18.3. The van der Waals surface area contributed by atoms with Gasteiger partial charge in [-0.1, -0.05) is 19.1 Å². The topological polar surface area (TPSA) is 61.4 Å². The van der Waals surface area contributed by atoms with Gasteiger partial charge in [0.2, 0.25) is 0 Å². The molecule has 2 aliphatic rings. The second kappa shape index (κ2) is 9.74. The number of amides is 2. The largest absolute Gasteiger partial charge is 0.339 e. The van der Waals surface area contributed by atoms with Gasteiger partial charge in [-0.3, -0.25) is 9.59 Å². The fourth-order valence-electron chi connectivity index (χ4n) is 4.23. The summed E-state index contributed by atoms with van der Waals surface area (Å²) < 4.78 is 0. The lowest BCUT2D eigenvalue weighted by atomic mass is 9.92. The summed E-state index contributed by atoms with van der Waals surface area (Å²) in [6.45, 7) is 5.82. The van der Waals surface area contributed by atoms with E-state index in [9.17, 15) is 9.59 Å². The molecule has 0 spiro atoms. The van der Waals surface area contributed by atoms with Crippen LogP contribution < -0.4 is 10.6 Å². The van der Waals surface area contributed by atoms with Gasteiger partial charge in [0.05, 0.1) is 5.56 Å². The molecule has 5 nitrogen and oxygen atoms in total. The molecule has 1 aromatic heterocycles. The van der Waals surface area contributed by atoms with E-state index in [1.807, 2.05) is 40.6 Å². The van der Waals surface area contributed by atoms with Gasteiger partial charge >= 0.3 is 0 Å². The summed E-state index contributed by atoms with van der Waals surface area (Å²) in [5, 5.41) is 8.92. The van der Waals surface area contributed by atoms with Crippen LogP contribution in [0.2, 0.25) is 0 Å². The average molecular weight is 434 g/mol. The molecule has 2 atom stereocenters. The molecule has 2 saturated heterocycles. The summed E-state index contributed by atoms with van der Waals surface area (Å²) in [6.07, 6.45) is 3.05. The summed E-state index contributed by atoms with van der Waals surface area (Å²) in [5.74, 6) is 1.23. The minimum absolute atomic E-state index is 0. The second-order valence-corrected chi connectivity index (χ2v) is 8.63. The van der Waals surface area contributed by atoms with E-state index in [1.165, 1.54) is 16.9 Å². The van der Waals surface area contributed by atoms with Crippen LogP contribution in [0.1, 0.15) is 46.0 Å². The average Bonchev–Trinajstić information content (AvgIpc) is 3.32. The van der Waals surface area contributed by atoms with E-state index in [2.05, 4.69) is 17.6 Å². The number of nitrogens with zero attached hydrogens (tertiary/aromatic N) is 1. The molecule has 0 saturated carbocycles. The van der Waals surface area contributed by atoms with Gasteiger partial charge in [0, 0.05) is 18.7 Å². The SMILES string of the molecule is CCc1ccc(C(=O)Nc2sccc2C(=O)N2CC[C@@H]3CNC[C@@H]3CC2)cc1.Cl. The first-order valence-corrected chi connectivity index (χ1v) is 11.0. The van der Waals surface area contributed by atoms with E-state index < -0.39 is 0 Å². The highest BCUT2D eigenvalue weighted by Gasteiger charge is 2.32. The smallest absolute Gasteiger partial charge is 0.256 e. The van der Waals surface area contributed by atoms with Crippen molar-refractivity contribution in [3.63, 3.8) is 0 Å². The molecule has 7 heteroatoms. The van der Waals surface area contributed by atoms with E-state index in [-0.39, 0.29) is 24.2 Å². The first kappa shape index (κ1) is 21.8. The molecule has 4 rings (SSSR count). The van der Waals surface area contributed by atoms with Crippen molar-refractivity contribution in [3.8, 4) is 0 Å². The van der Waals surface area contributed by atoms with E-state index in [0.29, 0.717) is 28.0 Å². The molecule has 2 aliphatic heterocycles. The summed E-state index contributed by atoms with van der Waals surface area (Å²) >= 11 is 1.41. The molecule has 3 heterocycles. The third kappa shape index (κ3) is 4.82. The molecule has 2 aromatic rings. The maximum atomic E-state index is 13.1. The maximum absolute atomic E-state index is 13.1. The number of halogens is 1. The number of fused-ring (bicyclic) bond motifs is 1. The Bertz CT molecular complexity index is 838. The Morgan fingerprint density at radius 1 is 1.10 bits per heavy atom. The Balaban J connectivity index is 0.00000240. The maximum Gasteiger partial charge on any atom is 0.256 e. The van der Waals surface area contributed by atoms with Gasteiger partial charge in [-0.25, -0.2) is 0 Å². The zero-order chi connectivity index (χ0) is 19.5. The van der Waals surface area contributed by atoms with E-state index in [4.69, 9.17) is 0 Å². The summed E-state index contributed by atoms with van der Waals surface area (Å²) in [7, 11) is 0. The number of carbonyl (C=O) groups excluding carboxylic acids is 2. The Morgan fingerprint density at radius 2 is 1.76 bits per heavy atom. The molecule has 0 radical (unpaired) electrons. The lowest BCUT2D eigenvalue weighted by Crippen LogP contribution is -2.33. The number of benzene rings is 1. The number of carbonyl (C=O) groups is 2. The minimum atomic E-state index is -0.171. The van der Waals surface area contributed by atoms with Crippen LogP contribution in [0.15, 0.2) is 35.7 Å². The number of hydrogen-bond donors (Lipinski definition) is 2. The highest BCUT2D eigenvalue weighted by molar-refractivity contribution is 7.14. The number of aryl methyl sites for hydroxylation is 1. The van der Waals surface area contributed by atoms with Gasteiger partial charge in [-0.15, -0.1) is 23.7 Å². The van der Waals surface area contributed by atoms with Gasteiger partial charge in [-0.05, 0) is 73.3 Å². The number of hydrogen-bond acceptors (Lipinski definition) is 4. The minimum Gasteiger partial charge on any atom is -0.339 e. The van der Waals surface area contributed by atoms with Crippen molar-refractivity contribution in [1.82, 2.24) is 10.2 Å². The number of rotatable bonds is 4. The van der Waals surface area contributed by atoms with Gasteiger partial charge in [0.15, 0.2) is 0 Å². The Labute approximate surface area is 182 Å². The Morgan fingerprint density at radius 3 is 2.38 bits per heavy atom. The highest BCUT2D eigenvalue weighted by atomic mass is 35.5. The van der Waals surface area contributed by atoms with Gasteiger partial charge < -0.3 is 15.5 Å². The van der Waals surface area contributed by atoms with Crippen molar-refractivity contribution >= 4 is 40.6 Å². The normalized spacial score (nSPS) is 21.1. The second-order valence-electron chi connectivity index (χ2n) is 7.72. The fourth-order valence-corrected chi connectivity index (χ4v) is 5.01. The van der Waals surface area contributed by atoms with E-state index in [1.54, 1.807) is 0 Å². The van der Waals surface area contributed by atoms with Crippen LogP contribution in [0.25, 0.3) is 0 Å². The van der Waals surface area contributed by atoms with Crippen LogP contribution >= 0.6 is 23.7 Å². The van der Waals surface area contributed by atoms with Crippen LogP contribution in [0.5, 0.6) is 0 Å². The molecule has 2 amide bonds. The summed E-state index contributed by atoms with van der Waals surface area (Å²) in [5.41, 5.74) is 2.41. The van der Waals surface area contributed by atoms with E-state index >= 15 is 0 Å². The predicted octanol–water partition coefficient (Wildman–Crippen LogP) is 4.06. The summed E-state index contributed by atoms with van der Waals surface area (Å²) in [4.78, 5) is 27.7. The number of likely N-dealkylation sites (tertiary alicyclic amines) is 1. The van der Waals surface area contributed by atoms with Crippen molar-refractivity contribution in [3.05, 3.63) is 52.4 Å². The van der Waals surface area contributed by atoms with Crippen molar-refractivity contribution in [1.29, 1.82) is 0 Å². The van der Waals surface area contributed by atoms with Gasteiger partial charge in [-0.2, -0.15) is 0 Å². The third-order valence-electron chi connectivity index (χ3n) is 6.05. The lowest BCUT2D eigenvalue weighted by molar-refractivity contribution is 0.0760. The molecule has 2 fully saturated rings. The van der Waals surface area contributed by atoms with Gasteiger partial charge in [0.25, 0.3) is 11.8 Å². The monoisotopic (exact) mass is 433 g/mol. The number of thiophene rings is 1. The molecule has 0 bridgehead atoms. The Hall–Kier alpha value is -1.89. The first-order valence-electron chi connectivity index (χ1n) is 10.1. The quantitative estimate of drug-likeness (QED) is 0.764. The number of nitrogens with one attached hydrogen (secondary N) is 2. The lowest BCUT2D eigenvalue weighted by Gasteiger charge is -2.21. The molecule has 29 heavy (non-hydrogen) atoms. The van der Waals surface area contributed by atoms with Crippen LogP contribution in [-0.2, 0) is 6.42 Å². The van der Waals surface area contributed by atoms with Crippen molar-refractivity contribution in [2.45, 2.75) is 26.2 Å². The highest BCUT2D eigenvalue weighted by Crippen LogP contribution is 2.30. The zero-order valence-electron chi connectivity index (χ0n) is 16.6. The molecule has 156 valence electrons. The molecule has 0 aliphatic carbocycles. The molecular weight excluding hydrogens is 406 g/mol. The standard InChI is InChI=1S/C22H27N3O2S.ClH/c1-2-15-3-5-16(6-4-15)20(26)24-21-19(9-12-28-21)22(27)25-10-7-17-13-23-14-18(17)8-11-25;/h3-6,9,12,17-18,23H,2,7-8,10-11,13-14H2,1H3,(H,24,26);1H/t17-,18+;. The molecule has 1 aromatic carbocycles. The van der Waals surface area contributed by atoms with Crippen LogP contribution in [0, 0.1) is 11.8 Å². The van der Waals surface area contributed by atoms with Crippen LogP contribution in [0.4, 0.5) is 5.00 Å². The molecule has 2 N–H and O–H groups in total. The van der Waals surface area contributed by atoms with Crippen molar-refractivity contribution in [2.75, 3.05) is 31.5 Å². The summed E-state index contributed by atoms with van der Waals surface area (Å²) in [6, 6.07) is 9.45.